The van der Waals surface area contributed by atoms with Crippen LogP contribution in [0.3, 0.4) is 0 Å². The van der Waals surface area contributed by atoms with Crippen LogP contribution in [0.25, 0.3) is 5.69 Å². The number of aromatic nitrogens is 3. The van der Waals surface area contributed by atoms with Gasteiger partial charge in [-0.3, -0.25) is 14.5 Å². The largest absolute Gasteiger partial charge is 0.416 e. The number of para-hydroxylation sites is 1. The molecule has 1 aliphatic rings. The van der Waals surface area contributed by atoms with Gasteiger partial charge in [-0.05, 0) is 38.1 Å². The lowest BCUT2D eigenvalue weighted by molar-refractivity contribution is -0.137. The fourth-order valence-corrected chi connectivity index (χ4v) is 5.57. The van der Waals surface area contributed by atoms with Crippen molar-refractivity contribution >= 4 is 55.8 Å². The van der Waals surface area contributed by atoms with E-state index >= 15 is 0 Å². The molecule has 1 amide bonds. The van der Waals surface area contributed by atoms with E-state index in [4.69, 9.17) is 5.10 Å². The molecule has 0 fully saturated rings. The van der Waals surface area contributed by atoms with E-state index < -0.39 is 29.4 Å². The SMILES string of the molecule is CCN1C(=O)[C@@H](CC(=O)c2cccc(C(F)(F)F)c2)[C@@H](c2cscn2)c2c(C)nn(-c3ccccc3)c21.S.S. The van der Waals surface area contributed by atoms with Crippen LogP contribution in [-0.4, -0.2) is 33.0 Å². The molecular formula is C27H27F3N4O2S3. The third-order valence-corrected chi connectivity index (χ3v) is 7.24. The Kier molecular flexibility index (Phi) is 9.35. The van der Waals surface area contributed by atoms with Crippen molar-refractivity contribution in [2.75, 3.05) is 11.4 Å². The number of nitrogens with zero attached hydrogens (tertiary/aromatic N) is 4. The smallest absolute Gasteiger partial charge is 0.296 e. The second-order valence-corrected chi connectivity index (χ2v) is 9.57. The van der Waals surface area contributed by atoms with Gasteiger partial charge in [-0.25, -0.2) is 9.67 Å². The Hall–Kier alpha value is -3.09. The fraction of sp³-hybridized carbons (Fsp3) is 0.259. The van der Waals surface area contributed by atoms with Crippen LogP contribution >= 0.6 is 38.3 Å². The molecule has 0 bridgehead atoms. The van der Waals surface area contributed by atoms with Crippen LogP contribution in [0.2, 0.25) is 0 Å². The van der Waals surface area contributed by atoms with Gasteiger partial charge in [0.15, 0.2) is 5.78 Å². The summed E-state index contributed by atoms with van der Waals surface area (Å²) in [6, 6.07) is 13.8. The molecule has 0 aliphatic carbocycles. The predicted octanol–water partition coefficient (Wildman–Crippen LogP) is 6.27. The van der Waals surface area contributed by atoms with Gasteiger partial charge >= 0.3 is 6.18 Å². The van der Waals surface area contributed by atoms with Gasteiger partial charge in [-0.15, -0.1) is 11.3 Å². The Morgan fingerprint density at radius 2 is 1.79 bits per heavy atom. The average molecular weight is 593 g/mol. The number of carbonyl (C=O) groups excluding carboxylic acids is 2. The summed E-state index contributed by atoms with van der Waals surface area (Å²) in [5.41, 5.74) is 3.58. The average Bonchev–Trinajstić information content (AvgIpc) is 3.53. The van der Waals surface area contributed by atoms with Gasteiger partial charge in [0.05, 0.1) is 34.1 Å². The highest BCUT2D eigenvalue weighted by Crippen LogP contribution is 2.47. The summed E-state index contributed by atoms with van der Waals surface area (Å²) in [6.45, 7) is 4.03. The zero-order valence-electron chi connectivity index (χ0n) is 21.1. The standard InChI is InChI=1S/C27H23F3N4O2S.2H2S/c1-3-33-25-23(16(2)32-34(25)19-10-5-4-6-11-19)24(21-14-37-15-31-21)20(26(33)36)13-22(35)17-8-7-9-18(12-17)27(28,29)30;;/h4-12,14-15,20,24H,3,13H2,1-2H3;2*1H2/t20-,24-;;/m0../s1. The highest BCUT2D eigenvalue weighted by atomic mass is 32.1. The maximum Gasteiger partial charge on any atom is 0.416 e. The zero-order valence-corrected chi connectivity index (χ0v) is 23.9. The Morgan fingerprint density at radius 1 is 1.08 bits per heavy atom. The molecule has 0 saturated carbocycles. The normalized spacial score (nSPS) is 16.7. The van der Waals surface area contributed by atoms with Crippen molar-refractivity contribution in [1.29, 1.82) is 0 Å². The summed E-state index contributed by atoms with van der Waals surface area (Å²) in [4.78, 5) is 33.3. The molecule has 5 rings (SSSR count). The van der Waals surface area contributed by atoms with Crippen LogP contribution in [0.5, 0.6) is 0 Å². The Bertz CT molecular complexity index is 1460. The molecule has 3 heterocycles. The van der Waals surface area contributed by atoms with E-state index in [1.807, 2.05) is 49.6 Å². The number of aryl methyl sites for hydroxylation is 1. The van der Waals surface area contributed by atoms with Crippen LogP contribution in [0.15, 0.2) is 65.5 Å². The van der Waals surface area contributed by atoms with Crippen molar-refractivity contribution in [3.8, 4) is 5.69 Å². The van der Waals surface area contributed by atoms with Gasteiger partial charge in [-0.2, -0.15) is 45.3 Å². The predicted molar refractivity (Wildman–Crippen MR) is 155 cm³/mol. The van der Waals surface area contributed by atoms with Crippen LogP contribution in [0.1, 0.15) is 52.1 Å². The Morgan fingerprint density at radius 3 is 2.41 bits per heavy atom. The van der Waals surface area contributed by atoms with Gasteiger partial charge in [0.1, 0.15) is 5.82 Å². The molecule has 0 spiro atoms. The third kappa shape index (κ3) is 5.64. The van der Waals surface area contributed by atoms with Crippen LogP contribution in [0.4, 0.5) is 19.0 Å². The van der Waals surface area contributed by atoms with E-state index in [1.165, 1.54) is 23.5 Å². The van der Waals surface area contributed by atoms with Crippen molar-refractivity contribution in [1.82, 2.24) is 14.8 Å². The minimum absolute atomic E-state index is 0. The molecule has 1 aliphatic heterocycles. The molecule has 0 unspecified atom stereocenters. The maximum absolute atomic E-state index is 13.9. The summed E-state index contributed by atoms with van der Waals surface area (Å²) < 4.78 is 41.5. The van der Waals surface area contributed by atoms with Crippen LogP contribution in [-0.2, 0) is 11.0 Å². The van der Waals surface area contributed by atoms with Gasteiger partial charge in [0.25, 0.3) is 0 Å². The molecular weight excluding hydrogens is 566 g/mol. The van der Waals surface area contributed by atoms with Gasteiger partial charge < -0.3 is 0 Å². The number of benzene rings is 2. The topological polar surface area (TPSA) is 68.1 Å². The summed E-state index contributed by atoms with van der Waals surface area (Å²) >= 11 is 1.37. The number of hydrogen-bond acceptors (Lipinski definition) is 5. The number of fused-ring (bicyclic) bond motifs is 1. The Labute approximate surface area is 241 Å². The second-order valence-electron chi connectivity index (χ2n) is 8.86. The van der Waals surface area contributed by atoms with E-state index in [0.717, 1.165) is 23.4 Å². The summed E-state index contributed by atoms with van der Waals surface area (Å²) in [6.07, 6.45) is -4.83. The summed E-state index contributed by atoms with van der Waals surface area (Å²) in [5.74, 6) is -1.60. The van der Waals surface area contributed by atoms with E-state index in [9.17, 15) is 22.8 Å². The van der Waals surface area contributed by atoms with E-state index in [2.05, 4.69) is 4.98 Å². The minimum Gasteiger partial charge on any atom is -0.296 e. The zero-order chi connectivity index (χ0) is 26.3. The highest BCUT2D eigenvalue weighted by molar-refractivity contribution is 7.59. The lowest BCUT2D eigenvalue weighted by atomic mass is 9.76. The van der Waals surface area contributed by atoms with Crippen molar-refractivity contribution in [3.63, 3.8) is 0 Å². The minimum atomic E-state index is -4.57. The molecule has 6 nitrogen and oxygen atoms in total. The van der Waals surface area contributed by atoms with E-state index in [-0.39, 0.29) is 44.9 Å². The molecule has 0 saturated heterocycles. The second kappa shape index (κ2) is 12.0. The van der Waals surface area contributed by atoms with Crippen molar-refractivity contribution in [2.45, 2.75) is 32.4 Å². The quantitative estimate of drug-likeness (QED) is 0.248. The van der Waals surface area contributed by atoms with Gasteiger partial charge in [0, 0.05) is 35.4 Å². The van der Waals surface area contributed by atoms with Crippen LogP contribution in [0, 0.1) is 12.8 Å². The molecule has 0 radical (unpaired) electrons. The van der Waals surface area contributed by atoms with Crippen molar-refractivity contribution in [3.05, 3.63) is 93.6 Å². The third-order valence-electron chi connectivity index (χ3n) is 6.64. The molecule has 39 heavy (non-hydrogen) atoms. The number of alkyl halides is 3. The number of ketones is 1. The molecule has 0 N–H and O–H groups in total. The first-order valence-electron chi connectivity index (χ1n) is 11.8. The van der Waals surface area contributed by atoms with Gasteiger partial charge in [-0.1, -0.05) is 30.3 Å². The first-order chi connectivity index (χ1) is 17.7. The number of thiazole rings is 1. The van der Waals surface area contributed by atoms with Gasteiger partial charge in [0.2, 0.25) is 5.91 Å². The monoisotopic (exact) mass is 592 g/mol. The molecule has 206 valence electrons. The molecule has 2 aromatic heterocycles. The first kappa shape index (κ1) is 30.5. The number of Topliss-reactive ketones (excluding diaryl/α,β-unsaturated/α-hetero) is 1. The Balaban J connectivity index is 0.00000210. The van der Waals surface area contributed by atoms with E-state index in [1.54, 1.807) is 15.1 Å². The molecule has 2 aromatic carbocycles. The molecule has 4 aromatic rings. The van der Waals surface area contributed by atoms with Crippen molar-refractivity contribution < 1.29 is 22.8 Å². The van der Waals surface area contributed by atoms with Crippen molar-refractivity contribution in [2.24, 2.45) is 5.92 Å². The maximum atomic E-state index is 13.9. The number of rotatable bonds is 6. The summed E-state index contributed by atoms with van der Waals surface area (Å²) in [5, 5.41) is 6.59. The fourth-order valence-electron chi connectivity index (χ4n) is 4.98. The molecule has 12 heteroatoms. The van der Waals surface area contributed by atoms with E-state index in [0.29, 0.717) is 23.8 Å². The molecule has 2 atom stereocenters. The first-order valence-corrected chi connectivity index (χ1v) is 12.7. The number of carbonyl (C=O) groups is 2. The number of anilines is 1. The lowest BCUT2D eigenvalue weighted by Crippen LogP contribution is -2.45. The lowest BCUT2D eigenvalue weighted by Gasteiger charge is -2.37. The number of amides is 1. The highest BCUT2D eigenvalue weighted by Gasteiger charge is 2.46. The number of halogens is 3. The summed E-state index contributed by atoms with van der Waals surface area (Å²) in [7, 11) is 0. The number of hydrogen-bond donors (Lipinski definition) is 0. The van der Waals surface area contributed by atoms with Crippen LogP contribution < -0.4 is 4.90 Å².